The van der Waals surface area contributed by atoms with Crippen LogP contribution in [0.25, 0.3) is 10.9 Å². The van der Waals surface area contributed by atoms with Crippen molar-refractivity contribution in [3.8, 4) is 0 Å². The standard InChI is InChI=1S/C15H18N4/c1-12-17-6-7-18(12)8-9-19-11-13(10-16)14-4-2-3-5-15(14)19/h2-7,11H,8-10,16H2,1H3. The predicted molar refractivity (Wildman–Crippen MR) is 76.8 cm³/mol. The summed E-state index contributed by atoms with van der Waals surface area (Å²) in [6.45, 7) is 4.46. The van der Waals surface area contributed by atoms with Gasteiger partial charge in [0.2, 0.25) is 0 Å². The Morgan fingerprint density at radius 2 is 1.95 bits per heavy atom. The predicted octanol–water partition coefficient (Wildman–Crippen LogP) is 2.31. The summed E-state index contributed by atoms with van der Waals surface area (Å²) in [7, 11) is 0. The van der Waals surface area contributed by atoms with Gasteiger partial charge in [-0.05, 0) is 18.6 Å². The molecule has 19 heavy (non-hydrogen) atoms. The Labute approximate surface area is 112 Å². The monoisotopic (exact) mass is 254 g/mol. The second-order valence-electron chi connectivity index (χ2n) is 4.74. The molecule has 98 valence electrons. The molecular formula is C15H18N4. The number of aryl methyl sites for hydroxylation is 3. The summed E-state index contributed by atoms with van der Waals surface area (Å²) in [4.78, 5) is 4.25. The zero-order chi connectivity index (χ0) is 13.2. The highest BCUT2D eigenvalue weighted by Crippen LogP contribution is 2.21. The molecule has 0 radical (unpaired) electrons. The highest BCUT2D eigenvalue weighted by atomic mass is 15.1. The molecule has 0 atom stereocenters. The normalized spacial score (nSPS) is 11.3. The van der Waals surface area contributed by atoms with Crippen molar-refractivity contribution in [1.82, 2.24) is 14.1 Å². The van der Waals surface area contributed by atoms with E-state index in [1.807, 2.05) is 19.3 Å². The van der Waals surface area contributed by atoms with Gasteiger partial charge in [-0.3, -0.25) is 0 Å². The van der Waals surface area contributed by atoms with E-state index in [0.717, 1.165) is 18.9 Å². The zero-order valence-electron chi connectivity index (χ0n) is 11.1. The van der Waals surface area contributed by atoms with Gasteiger partial charge >= 0.3 is 0 Å². The summed E-state index contributed by atoms with van der Waals surface area (Å²) in [5, 5.41) is 1.26. The lowest BCUT2D eigenvalue weighted by Crippen LogP contribution is -2.07. The first kappa shape index (κ1) is 12.0. The summed E-state index contributed by atoms with van der Waals surface area (Å²) < 4.78 is 4.44. The van der Waals surface area contributed by atoms with E-state index in [-0.39, 0.29) is 0 Å². The number of nitrogens with zero attached hydrogens (tertiary/aromatic N) is 3. The Kier molecular flexibility index (Phi) is 3.09. The van der Waals surface area contributed by atoms with Crippen LogP contribution in [0.3, 0.4) is 0 Å². The van der Waals surface area contributed by atoms with Gasteiger partial charge in [0.1, 0.15) is 5.82 Å². The number of imidazole rings is 1. The highest BCUT2D eigenvalue weighted by molar-refractivity contribution is 5.83. The lowest BCUT2D eigenvalue weighted by molar-refractivity contribution is 0.579. The summed E-state index contributed by atoms with van der Waals surface area (Å²) in [6.07, 6.45) is 6.02. The van der Waals surface area contributed by atoms with Gasteiger partial charge in [0.15, 0.2) is 0 Å². The number of para-hydroxylation sites is 1. The van der Waals surface area contributed by atoms with Crippen LogP contribution in [0, 0.1) is 6.92 Å². The van der Waals surface area contributed by atoms with Gasteiger partial charge in [-0.2, -0.15) is 0 Å². The molecule has 0 aliphatic heterocycles. The van der Waals surface area contributed by atoms with Gasteiger partial charge in [-0.25, -0.2) is 4.98 Å². The fourth-order valence-corrected chi connectivity index (χ4v) is 2.53. The maximum absolute atomic E-state index is 5.82. The van der Waals surface area contributed by atoms with Crippen molar-refractivity contribution in [1.29, 1.82) is 0 Å². The van der Waals surface area contributed by atoms with Gasteiger partial charge in [-0.15, -0.1) is 0 Å². The lowest BCUT2D eigenvalue weighted by Gasteiger charge is -2.07. The van der Waals surface area contributed by atoms with Crippen molar-refractivity contribution in [3.63, 3.8) is 0 Å². The molecule has 4 heteroatoms. The van der Waals surface area contributed by atoms with Crippen LogP contribution in [0.5, 0.6) is 0 Å². The number of hydrogen-bond donors (Lipinski definition) is 1. The molecule has 0 saturated carbocycles. The largest absolute Gasteiger partial charge is 0.345 e. The Bertz CT molecular complexity index is 693. The van der Waals surface area contributed by atoms with Crippen LogP contribution in [0.2, 0.25) is 0 Å². The van der Waals surface area contributed by atoms with E-state index >= 15 is 0 Å². The van der Waals surface area contributed by atoms with Crippen molar-refractivity contribution < 1.29 is 0 Å². The minimum Gasteiger partial charge on any atom is -0.345 e. The third-order valence-electron chi connectivity index (χ3n) is 3.60. The highest BCUT2D eigenvalue weighted by Gasteiger charge is 2.06. The van der Waals surface area contributed by atoms with Crippen molar-refractivity contribution in [3.05, 3.63) is 54.2 Å². The van der Waals surface area contributed by atoms with Crippen molar-refractivity contribution >= 4 is 10.9 Å². The van der Waals surface area contributed by atoms with Crippen LogP contribution < -0.4 is 5.73 Å². The molecule has 0 bridgehead atoms. The van der Waals surface area contributed by atoms with Gasteiger partial charge < -0.3 is 14.9 Å². The molecule has 1 aromatic carbocycles. The van der Waals surface area contributed by atoms with Crippen LogP contribution in [0.4, 0.5) is 0 Å². The van der Waals surface area contributed by atoms with Gasteiger partial charge in [-0.1, -0.05) is 18.2 Å². The Hall–Kier alpha value is -2.07. The molecule has 0 aliphatic rings. The maximum atomic E-state index is 5.82. The van der Waals surface area contributed by atoms with Crippen LogP contribution in [-0.2, 0) is 19.6 Å². The molecule has 0 unspecified atom stereocenters. The molecule has 0 fully saturated rings. The van der Waals surface area contributed by atoms with Crippen molar-refractivity contribution in [2.45, 2.75) is 26.6 Å². The van der Waals surface area contributed by atoms with Crippen LogP contribution >= 0.6 is 0 Å². The Morgan fingerprint density at radius 1 is 1.16 bits per heavy atom. The van der Waals surface area contributed by atoms with E-state index < -0.39 is 0 Å². The van der Waals surface area contributed by atoms with Gasteiger partial charge in [0, 0.05) is 49.1 Å². The molecule has 2 heterocycles. The van der Waals surface area contributed by atoms with Gasteiger partial charge in [0.25, 0.3) is 0 Å². The fourth-order valence-electron chi connectivity index (χ4n) is 2.53. The van der Waals surface area contributed by atoms with Gasteiger partial charge in [0.05, 0.1) is 0 Å². The van der Waals surface area contributed by atoms with E-state index in [9.17, 15) is 0 Å². The number of fused-ring (bicyclic) bond motifs is 1. The molecule has 0 saturated heterocycles. The first-order valence-corrected chi connectivity index (χ1v) is 6.54. The minimum absolute atomic E-state index is 0.581. The van der Waals surface area contributed by atoms with Crippen LogP contribution in [0.1, 0.15) is 11.4 Å². The van der Waals surface area contributed by atoms with E-state index in [1.165, 1.54) is 16.5 Å². The Balaban J connectivity index is 1.91. The summed E-state index contributed by atoms with van der Waals surface area (Å²) >= 11 is 0. The molecule has 3 rings (SSSR count). The molecule has 4 nitrogen and oxygen atoms in total. The summed E-state index contributed by atoms with van der Waals surface area (Å²) in [5.74, 6) is 1.05. The van der Waals surface area contributed by atoms with Crippen LogP contribution in [-0.4, -0.2) is 14.1 Å². The second-order valence-corrected chi connectivity index (χ2v) is 4.74. The molecule has 2 N–H and O–H groups in total. The quantitative estimate of drug-likeness (QED) is 0.776. The van der Waals surface area contributed by atoms with Crippen molar-refractivity contribution in [2.75, 3.05) is 0 Å². The smallest absolute Gasteiger partial charge is 0.105 e. The average molecular weight is 254 g/mol. The second kappa shape index (κ2) is 4.90. The molecule has 0 aliphatic carbocycles. The van der Waals surface area contributed by atoms with E-state index in [4.69, 9.17) is 5.73 Å². The zero-order valence-corrected chi connectivity index (χ0v) is 11.1. The first-order valence-electron chi connectivity index (χ1n) is 6.54. The number of benzene rings is 1. The summed E-state index contributed by atoms with van der Waals surface area (Å²) in [6, 6.07) is 8.42. The fraction of sp³-hybridized carbons (Fsp3) is 0.267. The van der Waals surface area contributed by atoms with E-state index in [1.54, 1.807) is 0 Å². The average Bonchev–Trinajstić information content (AvgIpc) is 3.00. The third kappa shape index (κ3) is 2.15. The molecular weight excluding hydrogens is 236 g/mol. The Morgan fingerprint density at radius 3 is 2.68 bits per heavy atom. The summed E-state index contributed by atoms with van der Waals surface area (Å²) in [5.41, 5.74) is 8.27. The topological polar surface area (TPSA) is 48.8 Å². The van der Waals surface area contributed by atoms with Crippen molar-refractivity contribution in [2.24, 2.45) is 5.73 Å². The van der Waals surface area contributed by atoms with E-state index in [0.29, 0.717) is 6.54 Å². The third-order valence-corrected chi connectivity index (χ3v) is 3.60. The number of rotatable bonds is 4. The lowest BCUT2D eigenvalue weighted by atomic mass is 10.2. The molecule has 0 spiro atoms. The first-order chi connectivity index (χ1) is 9.29. The molecule has 3 aromatic rings. The van der Waals surface area contributed by atoms with E-state index in [2.05, 4.69) is 44.6 Å². The molecule has 2 aromatic heterocycles. The van der Waals surface area contributed by atoms with Crippen LogP contribution in [0.15, 0.2) is 42.9 Å². The minimum atomic E-state index is 0.581. The molecule has 0 amide bonds. The number of nitrogens with two attached hydrogens (primary N) is 1. The number of aromatic nitrogens is 3. The number of hydrogen-bond acceptors (Lipinski definition) is 2. The SMILES string of the molecule is Cc1nccn1CCn1cc(CN)c2ccccc21. The maximum Gasteiger partial charge on any atom is 0.105 e.